The van der Waals surface area contributed by atoms with Crippen LogP contribution in [-0.2, 0) is 26.2 Å². The summed E-state index contributed by atoms with van der Waals surface area (Å²) in [6, 6.07) is 25.0. The summed E-state index contributed by atoms with van der Waals surface area (Å²) in [5.74, 6) is 0. The number of benzene rings is 2. The number of hydrogen-bond acceptors (Lipinski definition) is 0. The van der Waals surface area contributed by atoms with Crippen molar-refractivity contribution in [3.8, 4) is 0 Å². The van der Waals surface area contributed by atoms with Crippen LogP contribution >= 0.6 is 0 Å². The van der Waals surface area contributed by atoms with Crippen LogP contribution in [0.3, 0.4) is 0 Å². The van der Waals surface area contributed by atoms with Crippen LogP contribution in [0.25, 0.3) is 0 Å². The molecule has 0 bridgehead atoms. The molecule has 4 rings (SSSR count). The molecule has 136 valence electrons. The molecular formula is C26H28Zr. The van der Waals surface area contributed by atoms with E-state index < -0.39 is 0 Å². The van der Waals surface area contributed by atoms with Gasteiger partial charge in [0, 0.05) is 0 Å². The average Bonchev–Trinajstić information content (AvgIpc) is 3.27. The van der Waals surface area contributed by atoms with Crippen molar-refractivity contribution < 1.29 is 26.2 Å². The zero-order chi connectivity index (χ0) is 19.0. The smallest absolute Gasteiger partial charge is 0.270 e. The summed E-state index contributed by atoms with van der Waals surface area (Å²) in [6.45, 7) is 8.43. The predicted octanol–water partition coefficient (Wildman–Crippen LogP) is 7.14. The molecule has 0 spiro atoms. The van der Waals surface area contributed by atoms with E-state index in [1.165, 1.54) is 22.3 Å². The molecule has 0 unspecified atom stereocenters. The second-order valence-electron chi connectivity index (χ2n) is 5.94. The van der Waals surface area contributed by atoms with Crippen molar-refractivity contribution in [2.75, 3.05) is 0 Å². The van der Waals surface area contributed by atoms with E-state index in [2.05, 4.69) is 64.1 Å². The summed E-state index contributed by atoms with van der Waals surface area (Å²) >= 11 is 0. The molecule has 0 nitrogen and oxygen atoms in total. The number of hydrogen-bond donors (Lipinski definition) is 0. The first-order valence-electron chi connectivity index (χ1n) is 8.92. The normalized spacial score (nSPS) is 13.5. The van der Waals surface area contributed by atoms with E-state index in [1.54, 1.807) is 0 Å². The first-order chi connectivity index (χ1) is 12.6. The van der Waals surface area contributed by atoms with Gasteiger partial charge in [0.2, 0.25) is 0 Å². The SMILES string of the molecule is CC1=[C-]CC=C1C.CC1=[C-]CC=C1C.[Zr+4].[c-]1ccccc1.[c-]1ccccc1. The molecule has 0 amide bonds. The second-order valence-corrected chi connectivity index (χ2v) is 5.94. The first kappa shape index (κ1) is 25.3. The van der Waals surface area contributed by atoms with E-state index in [9.17, 15) is 0 Å². The second kappa shape index (κ2) is 16.5. The Labute approximate surface area is 185 Å². The van der Waals surface area contributed by atoms with Crippen LogP contribution in [0.15, 0.2) is 95.1 Å². The molecule has 2 aromatic rings. The summed E-state index contributed by atoms with van der Waals surface area (Å²) in [7, 11) is 0. The topological polar surface area (TPSA) is 0 Å². The van der Waals surface area contributed by atoms with Gasteiger partial charge in [-0.15, -0.1) is 26.7 Å². The van der Waals surface area contributed by atoms with Crippen molar-refractivity contribution in [3.63, 3.8) is 0 Å². The van der Waals surface area contributed by atoms with E-state index in [4.69, 9.17) is 0 Å². The maximum atomic E-state index is 3.19. The van der Waals surface area contributed by atoms with Crippen molar-refractivity contribution in [1.82, 2.24) is 0 Å². The van der Waals surface area contributed by atoms with Crippen molar-refractivity contribution in [3.05, 3.63) is 119 Å². The van der Waals surface area contributed by atoms with Crippen LogP contribution in [0.2, 0.25) is 0 Å². The minimum absolute atomic E-state index is 0. The van der Waals surface area contributed by atoms with Gasteiger partial charge in [-0.1, -0.05) is 13.8 Å². The molecule has 0 N–H and O–H groups in total. The third kappa shape index (κ3) is 13.1. The molecule has 27 heavy (non-hydrogen) atoms. The Hall–Kier alpha value is -1.72. The molecular weight excluding hydrogens is 404 g/mol. The summed E-state index contributed by atoms with van der Waals surface area (Å²) in [5.41, 5.74) is 5.42. The van der Waals surface area contributed by atoms with Crippen LogP contribution in [0.5, 0.6) is 0 Å². The van der Waals surface area contributed by atoms with Gasteiger partial charge in [0.25, 0.3) is 0 Å². The molecule has 0 saturated carbocycles. The van der Waals surface area contributed by atoms with Crippen LogP contribution in [0.1, 0.15) is 40.5 Å². The minimum Gasteiger partial charge on any atom is -0.270 e. The molecule has 0 atom stereocenters. The maximum absolute atomic E-state index is 3.19. The number of allylic oxidation sites excluding steroid dienone is 8. The molecule has 1 heteroatoms. The summed E-state index contributed by atoms with van der Waals surface area (Å²) in [5, 5.41) is 0. The Morgan fingerprint density at radius 1 is 0.556 bits per heavy atom. The van der Waals surface area contributed by atoms with Crippen molar-refractivity contribution in [2.24, 2.45) is 0 Å². The Kier molecular flexibility index (Phi) is 15.4. The van der Waals surface area contributed by atoms with E-state index >= 15 is 0 Å². The van der Waals surface area contributed by atoms with Gasteiger partial charge < -0.3 is 0 Å². The van der Waals surface area contributed by atoms with Crippen LogP contribution in [-0.4, -0.2) is 0 Å². The largest absolute Gasteiger partial charge is 4.00 e. The fourth-order valence-electron chi connectivity index (χ4n) is 1.98. The third-order valence-electron chi connectivity index (χ3n) is 3.95. The zero-order valence-electron chi connectivity index (χ0n) is 16.8. The van der Waals surface area contributed by atoms with Crippen LogP contribution in [0.4, 0.5) is 0 Å². The molecule has 0 fully saturated rings. The van der Waals surface area contributed by atoms with Gasteiger partial charge in [0.1, 0.15) is 0 Å². The first-order valence-corrected chi connectivity index (χ1v) is 8.92. The molecule has 0 saturated heterocycles. The fraction of sp³-hybridized carbons (Fsp3) is 0.231. The van der Waals surface area contributed by atoms with Crippen molar-refractivity contribution >= 4 is 0 Å². The molecule has 2 aliphatic carbocycles. The minimum atomic E-state index is 0. The fourth-order valence-corrected chi connectivity index (χ4v) is 1.98. The Bertz CT molecular complexity index is 568. The number of rotatable bonds is 0. The Balaban J connectivity index is 0.000000331. The molecule has 0 heterocycles. The van der Waals surface area contributed by atoms with Crippen LogP contribution in [0, 0.1) is 24.3 Å². The quantitative estimate of drug-likeness (QED) is 0.389. The summed E-state index contributed by atoms with van der Waals surface area (Å²) < 4.78 is 0. The predicted molar refractivity (Wildman–Crippen MR) is 112 cm³/mol. The third-order valence-corrected chi connectivity index (χ3v) is 3.95. The molecule has 0 radical (unpaired) electrons. The monoisotopic (exact) mass is 430 g/mol. The van der Waals surface area contributed by atoms with Gasteiger partial charge in [-0.05, 0) is 0 Å². The van der Waals surface area contributed by atoms with Gasteiger partial charge in [-0.2, -0.15) is 84.9 Å². The van der Waals surface area contributed by atoms with Gasteiger partial charge in [-0.3, -0.25) is 12.2 Å². The summed E-state index contributed by atoms with van der Waals surface area (Å²) in [4.78, 5) is 0. The van der Waals surface area contributed by atoms with Crippen molar-refractivity contribution in [2.45, 2.75) is 40.5 Å². The van der Waals surface area contributed by atoms with E-state index in [-0.39, 0.29) is 26.2 Å². The van der Waals surface area contributed by atoms with Crippen LogP contribution < -0.4 is 0 Å². The summed E-state index contributed by atoms with van der Waals surface area (Å²) in [6.07, 6.45) is 12.8. The molecule has 0 aromatic heterocycles. The standard InChI is InChI=1S/2C7H9.2C6H5.Zr/c2*1-6-4-3-5-7(6)2;2*1-2-4-6-5-3-1;/h2*4H,3H2,1-2H3;2*1-5H;/q4*-1;+4. The van der Waals surface area contributed by atoms with E-state index in [1.807, 2.05) is 60.7 Å². The Morgan fingerprint density at radius 2 is 0.889 bits per heavy atom. The zero-order valence-corrected chi connectivity index (χ0v) is 19.3. The van der Waals surface area contributed by atoms with Crippen molar-refractivity contribution in [1.29, 1.82) is 0 Å². The van der Waals surface area contributed by atoms with E-state index in [0.29, 0.717) is 0 Å². The molecule has 0 aliphatic heterocycles. The molecule has 2 aromatic carbocycles. The van der Waals surface area contributed by atoms with Gasteiger partial charge >= 0.3 is 26.2 Å². The van der Waals surface area contributed by atoms with Gasteiger partial charge in [0.05, 0.1) is 0 Å². The Morgan fingerprint density at radius 3 is 0.963 bits per heavy atom. The van der Waals surface area contributed by atoms with E-state index in [0.717, 1.165) is 12.8 Å². The van der Waals surface area contributed by atoms with Gasteiger partial charge in [-0.25, -0.2) is 22.3 Å². The maximum Gasteiger partial charge on any atom is 4.00 e. The molecule has 2 aliphatic rings. The average molecular weight is 432 g/mol. The van der Waals surface area contributed by atoms with Gasteiger partial charge in [0.15, 0.2) is 0 Å².